The molecule has 2 aromatic heterocycles. The molecule has 1 fully saturated rings. The van der Waals surface area contributed by atoms with Crippen molar-refractivity contribution < 1.29 is 4.39 Å². The second kappa shape index (κ2) is 6.84. The van der Waals surface area contributed by atoms with E-state index < -0.39 is 0 Å². The van der Waals surface area contributed by atoms with Crippen LogP contribution in [0.1, 0.15) is 17.7 Å². The van der Waals surface area contributed by atoms with Crippen molar-refractivity contribution in [2.75, 3.05) is 30.8 Å². The second-order valence-electron chi connectivity index (χ2n) is 6.59. The van der Waals surface area contributed by atoms with E-state index in [4.69, 9.17) is 5.73 Å². The highest BCUT2D eigenvalue weighted by atomic mass is 19.1. The zero-order chi connectivity index (χ0) is 18.1. The van der Waals surface area contributed by atoms with Crippen LogP contribution in [0.25, 0.3) is 11.0 Å². The van der Waals surface area contributed by atoms with Gasteiger partial charge in [0, 0.05) is 44.1 Å². The maximum Gasteiger partial charge on any atom is 0.151 e. The molecule has 0 spiro atoms. The molecule has 1 atom stereocenters. The highest BCUT2D eigenvalue weighted by Crippen LogP contribution is 2.30. The zero-order valence-corrected chi connectivity index (χ0v) is 14.6. The maximum atomic E-state index is 14.3. The highest BCUT2D eigenvalue weighted by molar-refractivity contribution is 5.76. The van der Waals surface area contributed by atoms with Crippen LogP contribution in [0, 0.1) is 5.82 Å². The number of nitrogens with one attached hydrogen (secondary N) is 1. The number of hydrogen-bond donors (Lipinski definition) is 2. The van der Waals surface area contributed by atoms with Crippen molar-refractivity contribution in [3.05, 3.63) is 53.9 Å². The van der Waals surface area contributed by atoms with Gasteiger partial charge in [0.1, 0.15) is 5.52 Å². The molecule has 7 heteroatoms. The lowest BCUT2D eigenvalue weighted by atomic mass is 10.1. The minimum absolute atomic E-state index is 0.279. The summed E-state index contributed by atoms with van der Waals surface area (Å²) in [5.74, 6) is -0.378. The first-order chi connectivity index (χ1) is 12.7. The van der Waals surface area contributed by atoms with Gasteiger partial charge in [0.25, 0.3) is 0 Å². The first-order valence-electron chi connectivity index (χ1n) is 8.70. The normalized spacial score (nSPS) is 17.2. The molecule has 0 amide bonds. The number of halogens is 1. The van der Waals surface area contributed by atoms with E-state index in [0.717, 1.165) is 36.5 Å². The molecular weight excluding hydrogens is 331 g/mol. The molecule has 1 aliphatic heterocycles. The van der Waals surface area contributed by atoms with Gasteiger partial charge >= 0.3 is 0 Å². The molecule has 1 saturated heterocycles. The van der Waals surface area contributed by atoms with Crippen molar-refractivity contribution in [1.82, 2.24) is 20.3 Å². The number of fused-ring (bicyclic) bond motifs is 1. The molecule has 0 bridgehead atoms. The van der Waals surface area contributed by atoms with Crippen molar-refractivity contribution in [1.29, 1.82) is 0 Å². The number of hydrogen-bond acceptors (Lipinski definition) is 6. The average molecular weight is 352 g/mol. The number of rotatable bonds is 4. The molecule has 3 aromatic rings. The van der Waals surface area contributed by atoms with Crippen LogP contribution < -0.4 is 16.0 Å². The summed E-state index contributed by atoms with van der Waals surface area (Å²) < 4.78 is 14.3. The van der Waals surface area contributed by atoms with Crippen molar-refractivity contribution in [2.45, 2.75) is 18.9 Å². The minimum Gasteiger partial charge on any atom is -0.396 e. The van der Waals surface area contributed by atoms with Gasteiger partial charge in [-0.3, -0.25) is 9.97 Å². The number of pyridine rings is 1. The van der Waals surface area contributed by atoms with Gasteiger partial charge in [-0.25, -0.2) is 9.37 Å². The Morgan fingerprint density at radius 1 is 1.23 bits per heavy atom. The van der Waals surface area contributed by atoms with Crippen LogP contribution in [-0.2, 0) is 6.42 Å². The van der Waals surface area contributed by atoms with Crippen LogP contribution >= 0.6 is 0 Å². The molecule has 1 aliphatic rings. The second-order valence-corrected chi connectivity index (χ2v) is 6.59. The van der Waals surface area contributed by atoms with Crippen LogP contribution in [0.4, 0.5) is 15.8 Å². The monoisotopic (exact) mass is 352 g/mol. The van der Waals surface area contributed by atoms with Gasteiger partial charge in [0.05, 0.1) is 22.6 Å². The van der Waals surface area contributed by atoms with E-state index >= 15 is 0 Å². The summed E-state index contributed by atoms with van der Waals surface area (Å²) >= 11 is 0. The van der Waals surface area contributed by atoms with Gasteiger partial charge in [0.2, 0.25) is 0 Å². The predicted molar refractivity (Wildman–Crippen MR) is 101 cm³/mol. The molecule has 6 nitrogen and oxygen atoms in total. The number of aromatic nitrogens is 3. The molecule has 1 aromatic carbocycles. The average Bonchev–Trinajstić information content (AvgIpc) is 3.12. The summed E-state index contributed by atoms with van der Waals surface area (Å²) in [5, 5.41) is 3.31. The van der Waals surface area contributed by atoms with Crippen molar-refractivity contribution in [3.63, 3.8) is 0 Å². The summed E-state index contributed by atoms with van der Waals surface area (Å²) in [5.41, 5.74) is 10.4. The largest absolute Gasteiger partial charge is 0.396 e. The maximum absolute atomic E-state index is 14.3. The summed E-state index contributed by atoms with van der Waals surface area (Å²) in [6.45, 7) is 1.88. The highest BCUT2D eigenvalue weighted by Gasteiger charge is 2.23. The summed E-state index contributed by atoms with van der Waals surface area (Å²) in [6, 6.07) is 5.74. The van der Waals surface area contributed by atoms with E-state index in [1.54, 1.807) is 12.4 Å². The quantitative estimate of drug-likeness (QED) is 0.749. The standard InChI is InChI=1S/C19H21FN6/c1-22-13-3-7-26(11-13)17-2-4-23-15(18(17)21)9-12-8-14(20)19-16(10-12)24-5-6-25-19/h2,4-6,8,10,13,22H,3,7,9,11,21H2,1H3. The molecule has 3 N–H and O–H groups in total. The smallest absolute Gasteiger partial charge is 0.151 e. The van der Waals surface area contributed by atoms with Gasteiger partial charge < -0.3 is 16.0 Å². The molecule has 0 saturated carbocycles. The van der Waals surface area contributed by atoms with Gasteiger partial charge in [-0.1, -0.05) is 0 Å². The van der Waals surface area contributed by atoms with Crippen LogP contribution in [0.15, 0.2) is 36.8 Å². The SMILES string of the molecule is CNC1CCN(c2ccnc(Cc3cc(F)c4nccnc4c3)c2N)C1. The van der Waals surface area contributed by atoms with Crippen LogP contribution in [-0.4, -0.2) is 41.1 Å². The Labute approximate surface area is 151 Å². The minimum atomic E-state index is -0.378. The van der Waals surface area contributed by atoms with E-state index in [1.165, 1.54) is 12.3 Å². The summed E-state index contributed by atoms with van der Waals surface area (Å²) in [6.07, 6.45) is 6.35. The van der Waals surface area contributed by atoms with E-state index in [2.05, 4.69) is 25.2 Å². The predicted octanol–water partition coefficient (Wildman–Crippen LogP) is 2.13. The van der Waals surface area contributed by atoms with Gasteiger partial charge in [-0.2, -0.15) is 0 Å². The van der Waals surface area contributed by atoms with Gasteiger partial charge in [0.15, 0.2) is 5.82 Å². The molecule has 3 heterocycles. The Kier molecular flexibility index (Phi) is 4.38. The topological polar surface area (TPSA) is 80.0 Å². The fraction of sp³-hybridized carbons (Fsp3) is 0.316. The number of benzene rings is 1. The third kappa shape index (κ3) is 3.06. The Bertz CT molecular complexity index is 944. The van der Waals surface area contributed by atoms with Gasteiger partial charge in [-0.15, -0.1) is 0 Å². The van der Waals surface area contributed by atoms with E-state index in [9.17, 15) is 4.39 Å². The van der Waals surface area contributed by atoms with E-state index in [0.29, 0.717) is 23.7 Å². The first-order valence-corrected chi connectivity index (χ1v) is 8.70. The Hall–Kier alpha value is -2.80. The van der Waals surface area contributed by atoms with Crippen molar-refractivity contribution in [2.24, 2.45) is 0 Å². The van der Waals surface area contributed by atoms with Gasteiger partial charge in [-0.05, 0) is 37.2 Å². The molecule has 1 unspecified atom stereocenters. The Morgan fingerprint density at radius 2 is 2.08 bits per heavy atom. The molecule has 134 valence electrons. The Balaban J connectivity index is 1.64. The number of likely N-dealkylation sites (N-methyl/N-ethyl adjacent to an activating group) is 1. The zero-order valence-electron chi connectivity index (χ0n) is 14.6. The number of anilines is 2. The third-order valence-corrected chi connectivity index (χ3v) is 4.95. The third-order valence-electron chi connectivity index (χ3n) is 4.95. The van der Waals surface area contributed by atoms with Crippen molar-refractivity contribution in [3.8, 4) is 0 Å². The molecular formula is C19H21FN6. The van der Waals surface area contributed by atoms with E-state index in [1.807, 2.05) is 19.2 Å². The number of nitrogens with zero attached hydrogens (tertiary/aromatic N) is 4. The van der Waals surface area contributed by atoms with Crippen LogP contribution in [0.2, 0.25) is 0 Å². The Morgan fingerprint density at radius 3 is 2.88 bits per heavy atom. The van der Waals surface area contributed by atoms with Crippen LogP contribution in [0.5, 0.6) is 0 Å². The lowest BCUT2D eigenvalue weighted by Gasteiger charge is -2.21. The molecule has 4 rings (SSSR count). The number of nitrogen functional groups attached to an aromatic ring is 1. The lowest BCUT2D eigenvalue weighted by Crippen LogP contribution is -2.30. The molecule has 0 aliphatic carbocycles. The van der Waals surface area contributed by atoms with Crippen molar-refractivity contribution >= 4 is 22.4 Å². The first kappa shape index (κ1) is 16.7. The fourth-order valence-electron chi connectivity index (χ4n) is 3.52. The summed E-state index contributed by atoms with van der Waals surface area (Å²) in [4.78, 5) is 14.9. The van der Waals surface area contributed by atoms with E-state index in [-0.39, 0.29) is 11.3 Å². The fourth-order valence-corrected chi connectivity index (χ4v) is 3.52. The van der Waals surface area contributed by atoms with Crippen LogP contribution in [0.3, 0.4) is 0 Å². The molecule has 0 radical (unpaired) electrons. The lowest BCUT2D eigenvalue weighted by molar-refractivity contribution is 0.617. The molecule has 26 heavy (non-hydrogen) atoms. The number of nitrogens with two attached hydrogens (primary N) is 1. The summed E-state index contributed by atoms with van der Waals surface area (Å²) in [7, 11) is 1.98.